The molecule has 0 aromatic rings. The molecule has 14 heavy (non-hydrogen) atoms. The summed E-state index contributed by atoms with van der Waals surface area (Å²) in [5.74, 6) is 0. The quantitative estimate of drug-likeness (QED) is 0.630. The van der Waals surface area contributed by atoms with Crippen molar-refractivity contribution in [3.05, 3.63) is 0 Å². The lowest BCUT2D eigenvalue weighted by molar-refractivity contribution is -0.0889. The topological polar surface area (TPSA) is 18.5 Å². The smallest absolute Gasteiger partial charge is 0.146 e. The highest BCUT2D eigenvalue weighted by Crippen LogP contribution is 2.33. The summed E-state index contributed by atoms with van der Waals surface area (Å²) in [6.45, 7) is 9.14. The Hall–Kier alpha value is -0.0151. The van der Waals surface area contributed by atoms with E-state index in [9.17, 15) is 0 Å². The van der Waals surface area contributed by atoms with Crippen molar-refractivity contribution >= 4 is 7.28 Å². The molecule has 1 saturated heterocycles. The van der Waals surface area contributed by atoms with E-state index in [2.05, 4.69) is 34.9 Å². The zero-order chi connectivity index (χ0) is 10.6. The number of rotatable bonds is 5. The zero-order valence-corrected chi connectivity index (χ0v) is 9.88. The van der Waals surface area contributed by atoms with Crippen LogP contribution in [0.2, 0.25) is 6.82 Å². The first-order chi connectivity index (χ1) is 6.62. The fraction of sp³-hybridized carbons (Fsp3) is 1.00. The van der Waals surface area contributed by atoms with Gasteiger partial charge in [-0.3, -0.25) is 0 Å². The lowest BCUT2D eigenvalue weighted by atomic mass is 9.73. The van der Waals surface area contributed by atoms with Crippen LogP contribution >= 0.6 is 0 Å². The second-order valence-corrected chi connectivity index (χ2v) is 4.42. The van der Waals surface area contributed by atoms with Crippen molar-refractivity contribution in [3.63, 3.8) is 0 Å². The fourth-order valence-electron chi connectivity index (χ4n) is 1.87. The van der Waals surface area contributed by atoms with Gasteiger partial charge in [0.15, 0.2) is 0 Å². The molecule has 0 spiro atoms. The van der Waals surface area contributed by atoms with Crippen molar-refractivity contribution in [2.45, 2.75) is 64.6 Å². The Balaban J connectivity index is 2.43. The molecule has 1 rings (SSSR count). The van der Waals surface area contributed by atoms with Crippen molar-refractivity contribution in [2.75, 3.05) is 6.61 Å². The van der Waals surface area contributed by atoms with Crippen LogP contribution in [0, 0.1) is 0 Å². The molecule has 1 fully saturated rings. The molecule has 0 aliphatic carbocycles. The first-order valence-corrected chi connectivity index (χ1v) is 5.71. The summed E-state index contributed by atoms with van der Waals surface area (Å²) in [6.07, 6.45) is 3.62. The standard InChI is InChI=1S/C11H22BO2/c1-5-11(8-13-9(2)3)7-6-10(12-4)14-11/h9-10H,5-8H2,1-4H3/t10?,11-/m0/s1. The maximum Gasteiger partial charge on any atom is 0.146 e. The van der Waals surface area contributed by atoms with E-state index in [1.807, 2.05) is 0 Å². The Bertz CT molecular complexity index is 173. The summed E-state index contributed by atoms with van der Waals surface area (Å²) >= 11 is 0. The largest absolute Gasteiger partial charge is 0.378 e. The highest BCUT2D eigenvalue weighted by Gasteiger charge is 2.38. The Morgan fingerprint density at radius 2 is 2.29 bits per heavy atom. The predicted molar refractivity (Wildman–Crippen MR) is 59.8 cm³/mol. The third-order valence-corrected chi connectivity index (χ3v) is 2.98. The molecule has 0 saturated carbocycles. The summed E-state index contributed by atoms with van der Waals surface area (Å²) < 4.78 is 11.7. The molecule has 0 amide bonds. The molecule has 0 N–H and O–H groups in total. The molecule has 2 nitrogen and oxygen atoms in total. The fourth-order valence-corrected chi connectivity index (χ4v) is 1.87. The van der Waals surface area contributed by atoms with Crippen LogP contribution in [-0.4, -0.2) is 31.6 Å². The molecule has 1 heterocycles. The number of hydrogen-bond acceptors (Lipinski definition) is 2. The lowest BCUT2D eigenvalue weighted by Gasteiger charge is -2.29. The molecule has 1 unspecified atom stereocenters. The van der Waals surface area contributed by atoms with E-state index >= 15 is 0 Å². The number of hydrogen-bond donors (Lipinski definition) is 0. The predicted octanol–water partition coefficient (Wildman–Crippen LogP) is 2.45. The van der Waals surface area contributed by atoms with Crippen LogP contribution in [0.15, 0.2) is 0 Å². The van der Waals surface area contributed by atoms with Crippen molar-refractivity contribution < 1.29 is 9.47 Å². The van der Waals surface area contributed by atoms with Crippen LogP contribution in [0.4, 0.5) is 0 Å². The van der Waals surface area contributed by atoms with Crippen LogP contribution < -0.4 is 0 Å². The van der Waals surface area contributed by atoms with Gasteiger partial charge in [0.25, 0.3) is 0 Å². The summed E-state index contributed by atoms with van der Waals surface area (Å²) in [4.78, 5) is 0. The second kappa shape index (κ2) is 5.17. The first-order valence-electron chi connectivity index (χ1n) is 5.71. The average Bonchev–Trinajstić information content (AvgIpc) is 2.59. The molecule has 1 aliphatic rings. The molecule has 81 valence electrons. The van der Waals surface area contributed by atoms with Gasteiger partial charge < -0.3 is 9.47 Å². The minimum atomic E-state index is -0.0125. The average molecular weight is 197 g/mol. The highest BCUT2D eigenvalue weighted by atomic mass is 16.6. The highest BCUT2D eigenvalue weighted by molar-refractivity contribution is 6.35. The Morgan fingerprint density at radius 3 is 2.71 bits per heavy atom. The van der Waals surface area contributed by atoms with E-state index in [1.165, 1.54) is 0 Å². The van der Waals surface area contributed by atoms with Gasteiger partial charge in [-0.05, 0) is 33.1 Å². The molecule has 3 heteroatoms. The third kappa shape index (κ3) is 2.99. The van der Waals surface area contributed by atoms with Gasteiger partial charge in [-0.25, -0.2) is 0 Å². The Labute approximate surface area is 88.6 Å². The summed E-state index contributed by atoms with van der Waals surface area (Å²) in [5, 5.41) is 0. The molecule has 0 bridgehead atoms. The van der Waals surface area contributed by atoms with Crippen LogP contribution in [0.1, 0.15) is 40.0 Å². The Morgan fingerprint density at radius 1 is 1.57 bits per heavy atom. The van der Waals surface area contributed by atoms with Crippen LogP contribution in [0.5, 0.6) is 0 Å². The SMILES string of the molecule is C[B]C1CC[C@@](CC)(COC(C)C)O1. The normalized spacial score (nSPS) is 32.5. The van der Waals surface area contributed by atoms with Crippen LogP contribution in [-0.2, 0) is 9.47 Å². The molecule has 0 aromatic carbocycles. The maximum atomic E-state index is 6.02. The zero-order valence-electron chi connectivity index (χ0n) is 9.88. The Kier molecular flexibility index (Phi) is 4.46. The van der Waals surface area contributed by atoms with E-state index in [4.69, 9.17) is 9.47 Å². The summed E-state index contributed by atoms with van der Waals surface area (Å²) in [6, 6.07) is 0.339. The summed E-state index contributed by atoms with van der Waals surface area (Å²) in [5.41, 5.74) is -0.0125. The molecule has 2 atom stereocenters. The second-order valence-electron chi connectivity index (χ2n) is 4.42. The van der Waals surface area contributed by atoms with Gasteiger partial charge in [0, 0.05) is 6.00 Å². The minimum Gasteiger partial charge on any atom is -0.378 e. The third-order valence-electron chi connectivity index (χ3n) is 2.98. The van der Waals surface area contributed by atoms with Crippen LogP contribution in [0.25, 0.3) is 0 Å². The number of ether oxygens (including phenoxy) is 2. The monoisotopic (exact) mass is 197 g/mol. The van der Waals surface area contributed by atoms with Crippen molar-refractivity contribution in [3.8, 4) is 0 Å². The van der Waals surface area contributed by atoms with E-state index in [-0.39, 0.29) is 5.60 Å². The van der Waals surface area contributed by atoms with Gasteiger partial charge in [0.1, 0.15) is 7.28 Å². The first kappa shape index (κ1) is 12.1. The van der Waals surface area contributed by atoms with E-state index in [0.717, 1.165) is 25.9 Å². The van der Waals surface area contributed by atoms with Gasteiger partial charge in [0.2, 0.25) is 0 Å². The van der Waals surface area contributed by atoms with E-state index in [0.29, 0.717) is 12.1 Å². The van der Waals surface area contributed by atoms with Gasteiger partial charge in [-0.1, -0.05) is 13.7 Å². The van der Waals surface area contributed by atoms with Gasteiger partial charge in [-0.15, -0.1) is 0 Å². The molecule has 1 radical (unpaired) electrons. The van der Waals surface area contributed by atoms with Crippen molar-refractivity contribution in [1.29, 1.82) is 0 Å². The minimum absolute atomic E-state index is 0.0125. The molecular weight excluding hydrogens is 175 g/mol. The van der Waals surface area contributed by atoms with Crippen LogP contribution in [0.3, 0.4) is 0 Å². The molecular formula is C11H22BO2. The van der Waals surface area contributed by atoms with Crippen molar-refractivity contribution in [2.24, 2.45) is 0 Å². The van der Waals surface area contributed by atoms with E-state index in [1.54, 1.807) is 0 Å². The van der Waals surface area contributed by atoms with Gasteiger partial charge in [-0.2, -0.15) is 0 Å². The van der Waals surface area contributed by atoms with Gasteiger partial charge >= 0.3 is 0 Å². The molecule has 1 aliphatic heterocycles. The molecule has 0 aromatic heterocycles. The van der Waals surface area contributed by atoms with E-state index < -0.39 is 0 Å². The lowest BCUT2D eigenvalue weighted by Crippen LogP contribution is -2.36. The van der Waals surface area contributed by atoms with Gasteiger partial charge in [0.05, 0.1) is 18.3 Å². The maximum absolute atomic E-state index is 6.02. The van der Waals surface area contributed by atoms with Crippen molar-refractivity contribution in [1.82, 2.24) is 0 Å². The summed E-state index contributed by atoms with van der Waals surface area (Å²) in [7, 11) is 2.15.